The third-order valence-corrected chi connectivity index (χ3v) is 7.00. The molecule has 3 fully saturated rings. The Hall–Kier alpha value is -0.890. The van der Waals surface area contributed by atoms with Gasteiger partial charge in [-0.2, -0.15) is 0 Å². The average Bonchev–Trinajstić information content (AvgIpc) is 2.93. The van der Waals surface area contributed by atoms with Crippen molar-refractivity contribution in [2.45, 2.75) is 65.4 Å². The van der Waals surface area contributed by atoms with Gasteiger partial charge >= 0.3 is 0 Å². The second-order valence-corrected chi connectivity index (χ2v) is 8.26. The first-order chi connectivity index (χ1) is 10.4. The monoisotopic (exact) mass is 302 g/mol. The molecule has 1 N–H and O–H groups in total. The summed E-state index contributed by atoms with van der Waals surface area (Å²) in [5.41, 5.74) is 1.62. The van der Waals surface area contributed by atoms with Gasteiger partial charge in [0.2, 0.25) is 0 Å². The first kappa shape index (κ1) is 16.0. The van der Waals surface area contributed by atoms with Gasteiger partial charge in [-0.25, -0.2) is 0 Å². The van der Waals surface area contributed by atoms with Gasteiger partial charge in [-0.1, -0.05) is 30.2 Å². The number of carbonyl (C=O) groups excluding carboxylic acids is 1. The highest BCUT2D eigenvalue weighted by molar-refractivity contribution is 5.68. The van der Waals surface area contributed by atoms with Gasteiger partial charge < -0.3 is 9.90 Å². The van der Waals surface area contributed by atoms with E-state index in [1.807, 2.05) is 0 Å². The van der Waals surface area contributed by atoms with E-state index >= 15 is 0 Å². The Morgan fingerprint density at radius 1 is 1.14 bits per heavy atom. The number of aldehydes is 1. The van der Waals surface area contributed by atoms with Crippen LogP contribution in [0.3, 0.4) is 0 Å². The minimum absolute atomic E-state index is 0.331. The van der Waals surface area contributed by atoms with Crippen LogP contribution in [0.2, 0.25) is 0 Å². The van der Waals surface area contributed by atoms with Crippen molar-refractivity contribution >= 4 is 6.29 Å². The summed E-state index contributed by atoms with van der Waals surface area (Å²) in [6, 6.07) is 0. The first-order valence-corrected chi connectivity index (χ1v) is 8.86. The lowest BCUT2D eigenvalue weighted by atomic mass is 9.44. The fourth-order valence-electron chi connectivity index (χ4n) is 5.92. The minimum Gasteiger partial charge on any atom is -0.389 e. The molecule has 122 valence electrons. The summed E-state index contributed by atoms with van der Waals surface area (Å²) < 4.78 is 0. The second kappa shape index (κ2) is 5.33. The van der Waals surface area contributed by atoms with Crippen LogP contribution >= 0.6 is 0 Å². The molecule has 3 saturated carbocycles. The van der Waals surface area contributed by atoms with Crippen molar-refractivity contribution < 1.29 is 9.90 Å². The molecule has 2 heteroatoms. The molecule has 3 aliphatic carbocycles. The van der Waals surface area contributed by atoms with E-state index in [1.54, 1.807) is 0 Å². The van der Waals surface area contributed by atoms with E-state index in [9.17, 15) is 9.90 Å². The molecule has 2 nitrogen and oxygen atoms in total. The molecule has 0 bridgehead atoms. The summed E-state index contributed by atoms with van der Waals surface area (Å²) in [5.74, 6) is 1.74. The fraction of sp³-hybridized carbons (Fsp3) is 0.750. The highest BCUT2D eigenvalue weighted by atomic mass is 16.3. The summed E-state index contributed by atoms with van der Waals surface area (Å²) in [5, 5.41) is 11.1. The fourth-order valence-corrected chi connectivity index (χ4v) is 5.92. The molecular weight excluding hydrogens is 272 g/mol. The summed E-state index contributed by atoms with van der Waals surface area (Å²) in [6.45, 7) is 8.74. The lowest BCUT2D eigenvalue weighted by Gasteiger charge is -2.62. The van der Waals surface area contributed by atoms with Crippen LogP contribution < -0.4 is 0 Å². The molecule has 0 heterocycles. The van der Waals surface area contributed by atoms with Crippen molar-refractivity contribution in [2.75, 3.05) is 0 Å². The zero-order chi connectivity index (χ0) is 16.1. The highest BCUT2D eigenvalue weighted by Crippen LogP contribution is 2.74. The van der Waals surface area contributed by atoms with Crippen LogP contribution in [0, 0.1) is 29.1 Å². The Morgan fingerprint density at radius 3 is 2.50 bits per heavy atom. The van der Waals surface area contributed by atoms with Crippen LogP contribution in [0.25, 0.3) is 0 Å². The maximum atomic E-state index is 11.9. The predicted octanol–water partition coefficient (Wildman–Crippen LogP) is 4.29. The average molecular weight is 302 g/mol. The zero-order valence-electron chi connectivity index (χ0n) is 14.4. The molecule has 0 radical (unpaired) electrons. The third-order valence-electron chi connectivity index (χ3n) is 7.00. The molecule has 3 aliphatic rings. The number of fused-ring (bicyclic) bond motifs is 4. The lowest BCUT2D eigenvalue weighted by Crippen LogP contribution is -2.69. The first-order valence-electron chi connectivity index (χ1n) is 8.86. The van der Waals surface area contributed by atoms with Gasteiger partial charge in [-0.15, -0.1) is 0 Å². The quantitative estimate of drug-likeness (QED) is 0.621. The van der Waals surface area contributed by atoms with E-state index in [-0.39, 0.29) is 0 Å². The molecule has 0 aromatic carbocycles. The van der Waals surface area contributed by atoms with E-state index in [0.717, 1.165) is 38.4 Å². The number of hydrogen-bond acceptors (Lipinski definition) is 2. The van der Waals surface area contributed by atoms with Crippen LogP contribution in [0.1, 0.15) is 59.8 Å². The van der Waals surface area contributed by atoms with E-state index in [0.29, 0.717) is 23.7 Å². The summed E-state index contributed by atoms with van der Waals surface area (Å²) in [6.07, 6.45) is 10.5. The third kappa shape index (κ3) is 1.92. The molecule has 3 rings (SSSR count). The topological polar surface area (TPSA) is 37.3 Å². The summed E-state index contributed by atoms with van der Waals surface area (Å²) in [7, 11) is 0. The van der Waals surface area contributed by atoms with Crippen LogP contribution in [0.5, 0.6) is 0 Å². The Bertz CT molecular complexity index is 528. The van der Waals surface area contributed by atoms with E-state index < -0.39 is 11.0 Å². The van der Waals surface area contributed by atoms with Gasteiger partial charge in [0.15, 0.2) is 0 Å². The number of allylic oxidation sites excluding steroid dienone is 4. The standard InChI is InChI=1S/C20H30O2/c1-13(2)6-5-7-14(3)16-9-10-19(12-21)18(16)17-15(4)8-11-20(17,19)22/h6-7,12,15-18,22H,5,8-11H2,1-4H3/b14-7-/t15-,16+,17+,18+,19-,20-/m1/s1. The largest absolute Gasteiger partial charge is 0.389 e. The summed E-state index contributed by atoms with van der Waals surface area (Å²) >= 11 is 0. The number of carbonyl (C=O) groups is 1. The molecule has 0 saturated heterocycles. The zero-order valence-corrected chi connectivity index (χ0v) is 14.4. The Kier molecular flexibility index (Phi) is 3.87. The number of hydrogen-bond donors (Lipinski definition) is 1. The van der Waals surface area contributed by atoms with Crippen LogP contribution in [-0.4, -0.2) is 17.0 Å². The molecular formula is C20H30O2. The van der Waals surface area contributed by atoms with Crippen molar-refractivity contribution in [1.29, 1.82) is 0 Å². The number of rotatable bonds is 4. The van der Waals surface area contributed by atoms with Crippen molar-refractivity contribution in [3.8, 4) is 0 Å². The molecule has 0 unspecified atom stereocenters. The maximum absolute atomic E-state index is 11.9. The van der Waals surface area contributed by atoms with Gasteiger partial charge in [0, 0.05) is 0 Å². The van der Waals surface area contributed by atoms with Gasteiger partial charge in [0.25, 0.3) is 0 Å². The van der Waals surface area contributed by atoms with Crippen LogP contribution in [0.4, 0.5) is 0 Å². The van der Waals surface area contributed by atoms with Crippen LogP contribution in [0.15, 0.2) is 23.3 Å². The maximum Gasteiger partial charge on any atom is 0.129 e. The Morgan fingerprint density at radius 2 is 1.86 bits per heavy atom. The second-order valence-electron chi connectivity index (χ2n) is 8.26. The van der Waals surface area contributed by atoms with Crippen molar-refractivity contribution in [2.24, 2.45) is 29.1 Å². The van der Waals surface area contributed by atoms with Gasteiger partial charge in [0.05, 0.1) is 11.0 Å². The van der Waals surface area contributed by atoms with E-state index in [2.05, 4.69) is 39.8 Å². The Balaban J connectivity index is 1.85. The smallest absolute Gasteiger partial charge is 0.129 e. The molecule has 0 amide bonds. The molecule has 0 aromatic rings. The molecule has 0 aromatic heterocycles. The minimum atomic E-state index is -0.701. The van der Waals surface area contributed by atoms with E-state index in [1.165, 1.54) is 11.1 Å². The molecule has 6 atom stereocenters. The van der Waals surface area contributed by atoms with Crippen molar-refractivity contribution in [3.05, 3.63) is 23.3 Å². The molecule has 0 spiro atoms. The number of aliphatic hydroxyl groups is 1. The van der Waals surface area contributed by atoms with Crippen molar-refractivity contribution in [3.63, 3.8) is 0 Å². The Labute approximate surface area is 134 Å². The van der Waals surface area contributed by atoms with Gasteiger partial charge in [-0.3, -0.25) is 0 Å². The van der Waals surface area contributed by atoms with Crippen molar-refractivity contribution in [1.82, 2.24) is 0 Å². The van der Waals surface area contributed by atoms with Gasteiger partial charge in [0.1, 0.15) is 6.29 Å². The molecule has 22 heavy (non-hydrogen) atoms. The predicted molar refractivity (Wildman–Crippen MR) is 89.4 cm³/mol. The molecule has 0 aliphatic heterocycles. The highest BCUT2D eigenvalue weighted by Gasteiger charge is 2.77. The normalized spacial score (nSPS) is 46.7. The van der Waals surface area contributed by atoms with Gasteiger partial charge in [-0.05, 0) is 76.5 Å². The summed E-state index contributed by atoms with van der Waals surface area (Å²) in [4.78, 5) is 11.9. The lowest BCUT2D eigenvalue weighted by molar-refractivity contribution is -0.233. The SMILES string of the molecule is CC(C)=CC/C=C(/C)[C@@H]1CC[C@@]2(C=O)[C@@H]1[C@@H]1[C@H](C)CC[C@@]12O. The van der Waals surface area contributed by atoms with E-state index in [4.69, 9.17) is 0 Å². The van der Waals surface area contributed by atoms with Crippen LogP contribution in [-0.2, 0) is 4.79 Å².